The van der Waals surface area contributed by atoms with E-state index in [1.165, 1.54) is 12.8 Å². The van der Waals surface area contributed by atoms with Gasteiger partial charge in [-0.1, -0.05) is 11.8 Å². The van der Waals surface area contributed by atoms with Crippen LogP contribution >= 0.6 is 0 Å². The highest BCUT2D eigenvalue weighted by Gasteiger charge is 2.38. The lowest BCUT2D eigenvalue weighted by molar-refractivity contribution is -0.136. The van der Waals surface area contributed by atoms with E-state index in [1.54, 1.807) is 11.0 Å². The molecule has 1 aromatic carbocycles. The molecule has 27 heavy (non-hydrogen) atoms. The van der Waals surface area contributed by atoms with Gasteiger partial charge in [0.05, 0.1) is 0 Å². The third-order valence-electron chi connectivity index (χ3n) is 5.61. The predicted molar refractivity (Wildman–Crippen MR) is 99.6 cm³/mol. The zero-order valence-electron chi connectivity index (χ0n) is 15.2. The SMILES string of the molecule is O=C1CCC(N2Cc3cc(C#CCC4CCNCC4)ccc3C2=O)C(=O)N1. The van der Waals surface area contributed by atoms with Crippen LogP contribution < -0.4 is 10.6 Å². The minimum Gasteiger partial charge on any atom is -0.322 e. The number of hydrogen-bond donors (Lipinski definition) is 2. The number of amides is 3. The summed E-state index contributed by atoms with van der Waals surface area (Å²) in [6, 6.07) is 5.06. The van der Waals surface area contributed by atoms with E-state index in [0.717, 1.165) is 30.6 Å². The quantitative estimate of drug-likeness (QED) is 0.610. The molecule has 1 atom stereocenters. The number of imide groups is 1. The van der Waals surface area contributed by atoms with Crippen molar-refractivity contribution in [2.45, 2.75) is 44.7 Å². The van der Waals surface area contributed by atoms with Crippen LogP contribution in [-0.2, 0) is 16.1 Å². The molecule has 0 spiro atoms. The Morgan fingerprint density at radius 2 is 1.93 bits per heavy atom. The second-order valence-corrected chi connectivity index (χ2v) is 7.47. The van der Waals surface area contributed by atoms with Crippen molar-refractivity contribution in [2.24, 2.45) is 5.92 Å². The predicted octanol–water partition coefficient (Wildman–Crippen LogP) is 1.19. The van der Waals surface area contributed by atoms with E-state index in [4.69, 9.17) is 0 Å². The summed E-state index contributed by atoms with van der Waals surface area (Å²) >= 11 is 0. The second-order valence-electron chi connectivity index (χ2n) is 7.47. The maximum Gasteiger partial charge on any atom is 0.255 e. The lowest BCUT2D eigenvalue weighted by atomic mass is 9.95. The van der Waals surface area contributed by atoms with Crippen molar-refractivity contribution in [3.63, 3.8) is 0 Å². The summed E-state index contributed by atoms with van der Waals surface area (Å²) in [6.07, 6.45) is 3.90. The number of hydrogen-bond acceptors (Lipinski definition) is 4. The number of piperidine rings is 2. The Kier molecular flexibility index (Phi) is 4.95. The first-order chi connectivity index (χ1) is 13.1. The number of carbonyl (C=O) groups is 3. The van der Waals surface area contributed by atoms with Gasteiger partial charge in [0.15, 0.2) is 0 Å². The fraction of sp³-hybridized carbons (Fsp3) is 0.476. The summed E-state index contributed by atoms with van der Waals surface area (Å²) in [5, 5.41) is 5.69. The number of nitrogens with one attached hydrogen (secondary N) is 2. The minimum absolute atomic E-state index is 0.145. The third kappa shape index (κ3) is 3.74. The lowest BCUT2D eigenvalue weighted by Gasteiger charge is -2.29. The van der Waals surface area contributed by atoms with E-state index in [-0.39, 0.29) is 24.1 Å². The van der Waals surface area contributed by atoms with Crippen molar-refractivity contribution in [1.82, 2.24) is 15.5 Å². The second kappa shape index (κ2) is 7.53. The molecule has 3 heterocycles. The molecule has 0 aromatic heterocycles. The smallest absolute Gasteiger partial charge is 0.255 e. The summed E-state index contributed by atoms with van der Waals surface area (Å²) in [5.74, 6) is 6.37. The zero-order chi connectivity index (χ0) is 18.8. The number of nitrogens with zero attached hydrogens (tertiary/aromatic N) is 1. The van der Waals surface area contributed by atoms with E-state index in [1.807, 2.05) is 12.1 Å². The van der Waals surface area contributed by atoms with Crippen LogP contribution in [0.15, 0.2) is 18.2 Å². The molecule has 1 unspecified atom stereocenters. The highest BCUT2D eigenvalue weighted by molar-refractivity contribution is 6.05. The molecule has 0 saturated carbocycles. The van der Waals surface area contributed by atoms with Crippen LogP contribution in [-0.4, -0.2) is 41.8 Å². The summed E-state index contributed by atoms with van der Waals surface area (Å²) in [5.41, 5.74) is 2.43. The Balaban J connectivity index is 1.44. The molecule has 1 aromatic rings. The molecule has 3 aliphatic rings. The van der Waals surface area contributed by atoms with Crippen molar-refractivity contribution >= 4 is 17.7 Å². The molecule has 6 nitrogen and oxygen atoms in total. The normalized spacial score (nSPS) is 22.9. The van der Waals surface area contributed by atoms with Gasteiger partial charge < -0.3 is 10.2 Å². The molecule has 3 amide bonds. The van der Waals surface area contributed by atoms with Crippen molar-refractivity contribution in [3.05, 3.63) is 34.9 Å². The summed E-state index contributed by atoms with van der Waals surface area (Å²) in [4.78, 5) is 37.7. The van der Waals surface area contributed by atoms with Crippen molar-refractivity contribution in [2.75, 3.05) is 13.1 Å². The highest BCUT2D eigenvalue weighted by Crippen LogP contribution is 2.28. The molecule has 2 saturated heterocycles. The Hall–Kier alpha value is -2.65. The van der Waals surface area contributed by atoms with Crippen LogP contribution in [0.4, 0.5) is 0 Å². The largest absolute Gasteiger partial charge is 0.322 e. The molecule has 2 N–H and O–H groups in total. The van der Waals surface area contributed by atoms with Crippen LogP contribution in [0, 0.1) is 17.8 Å². The van der Waals surface area contributed by atoms with E-state index in [9.17, 15) is 14.4 Å². The first-order valence-corrected chi connectivity index (χ1v) is 9.59. The van der Waals surface area contributed by atoms with Crippen LogP contribution in [0.25, 0.3) is 0 Å². The van der Waals surface area contributed by atoms with Crippen molar-refractivity contribution in [3.8, 4) is 11.8 Å². The van der Waals surface area contributed by atoms with Crippen molar-refractivity contribution < 1.29 is 14.4 Å². The number of rotatable bonds is 2. The van der Waals surface area contributed by atoms with Gasteiger partial charge in [-0.3, -0.25) is 19.7 Å². The van der Waals surface area contributed by atoms with E-state index < -0.39 is 6.04 Å². The number of benzene rings is 1. The Bertz CT molecular complexity index is 846. The molecular formula is C21H23N3O3. The monoisotopic (exact) mass is 365 g/mol. The average Bonchev–Trinajstić information content (AvgIpc) is 2.99. The Morgan fingerprint density at radius 1 is 1.11 bits per heavy atom. The first-order valence-electron chi connectivity index (χ1n) is 9.59. The molecule has 140 valence electrons. The summed E-state index contributed by atoms with van der Waals surface area (Å²) in [6.45, 7) is 2.54. The van der Waals surface area contributed by atoms with E-state index >= 15 is 0 Å². The molecule has 0 bridgehead atoms. The molecule has 4 rings (SSSR count). The zero-order valence-corrected chi connectivity index (χ0v) is 15.2. The average molecular weight is 365 g/mol. The topological polar surface area (TPSA) is 78.5 Å². The maximum atomic E-state index is 12.7. The molecule has 0 radical (unpaired) electrons. The van der Waals surface area contributed by atoms with Gasteiger partial charge in [0.1, 0.15) is 6.04 Å². The molecule has 2 fully saturated rings. The molecule has 0 aliphatic carbocycles. The fourth-order valence-corrected chi connectivity index (χ4v) is 4.04. The van der Waals surface area contributed by atoms with Gasteiger partial charge >= 0.3 is 0 Å². The number of carbonyl (C=O) groups excluding carboxylic acids is 3. The van der Waals surface area contributed by atoms with Crippen LogP contribution in [0.3, 0.4) is 0 Å². The van der Waals surface area contributed by atoms with Crippen LogP contribution in [0.1, 0.15) is 53.6 Å². The van der Waals surface area contributed by atoms with Gasteiger partial charge in [-0.25, -0.2) is 0 Å². The van der Waals surface area contributed by atoms with Crippen LogP contribution in [0.5, 0.6) is 0 Å². The van der Waals surface area contributed by atoms with Gasteiger partial charge in [0.2, 0.25) is 11.8 Å². The first kappa shape index (κ1) is 17.7. The van der Waals surface area contributed by atoms with E-state index in [2.05, 4.69) is 22.5 Å². The highest BCUT2D eigenvalue weighted by atomic mass is 16.2. The Morgan fingerprint density at radius 3 is 2.70 bits per heavy atom. The van der Waals surface area contributed by atoms with Crippen molar-refractivity contribution in [1.29, 1.82) is 0 Å². The summed E-state index contributed by atoms with van der Waals surface area (Å²) in [7, 11) is 0. The standard InChI is InChI=1S/C21H23N3O3/c25-19-7-6-18(20(26)23-19)24-13-16-12-15(4-5-17(16)21(24)27)3-1-2-14-8-10-22-11-9-14/h4-5,12,14,18,22H,2,6-11,13H2,(H,23,25,26). The number of fused-ring (bicyclic) bond motifs is 1. The van der Waals surface area contributed by atoms with Gasteiger partial charge in [0.25, 0.3) is 5.91 Å². The van der Waals surface area contributed by atoms with Crippen LogP contribution in [0.2, 0.25) is 0 Å². The van der Waals surface area contributed by atoms with Gasteiger partial charge in [-0.15, -0.1) is 0 Å². The molecular weight excluding hydrogens is 342 g/mol. The van der Waals surface area contributed by atoms with E-state index in [0.29, 0.717) is 24.4 Å². The molecule has 6 heteroatoms. The third-order valence-corrected chi connectivity index (χ3v) is 5.61. The lowest BCUT2D eigenvalue weighted by Crippen LogP contribution is -2.52. The summed E-state index contributed by atoms with van der Waals surface area (Å²) < 4.78 is 0. The van der Waals surface area contributed by atoms with Gasteiger partial charge in [0, 0.05) is 30.5 Å². The molecule has 3 aliphatic heterocycles. The van der Waals surface area contributed by atoms with Gasteiger partial charge in [-0.2, -0.15) is 0 Å². The Labute approximate surface area is 158 Å². The fourth-order valence-electron chi connectivity index (χ4n) is 4.04. The minimum atomic E-state index is -0.572. The van der Waals surface area contributed by atoms with Gasteiger partial charge in [-0.05, 0) is 62.0 Å². The maximum absolute atomic E-state index is 12.7.